The second kappa shape index (κ2) is 7.31. The largest absolute Gasteiger partial charge is 0.495 e. The molecular formula is C16H23NO5S. The minimum absolute atomic E-state index is 0.143. The van der Waals surface area contributed by atoms with Crippen LogP contribution in [0.4, 0.5) is 0 Å². The van der Waals surface area contributed by atoms with Gasteiger partial charge in [-0.05, 0) is 44.4 Å². The minimum Gasteiger partial charge on any atom is -0.495 e. The van der Waals surface area contributed by atoms with Gasteiger partial charge in [0.2, 0.25) is 10.0 Å². The maximum atomic E-state index is 12.9. The molecule has 0 saturated carbocycles. The summed E-state index contributed by atoms with van der Waals surface area (Å²) in [4.78, 5) is 12.1. The van der Waals surface area contributed by atoms with E-state index in [9.17, 15) is 13.2 Å². The summed E-state index contributed by atoms with van der Waals surface area (Å²) in [5, 5.41) is 0. The molecule has 2 rings (SSSR count). The zero-order valence-electron chi connectivity index (χ0n) is 13.7. The zero-order chi connectivity index (χ0) is 17.0. The number of sulfonamides is 1. The molecule has 7 heteroatoms. The van der Waals surface area contributed by atoms with Crippen molar-refractivity contribution in [2.24, 2.45) is 5.92 Å². The molecule has 0 aliphatic carbocycles. The van der Waals surface area contributed by atoms with E-state index in [1.54, 1.807) is 25.1 Å². The molecule has 128 valence electrons. The average Bonchev–Trinajstić information content (AvgIpc) is 2.55. The van der Waals surface area contributed by atoms with E-state index in [0.29, 0.717) is 31.7 Å². The Morgan fingerprint density at radius 2 is 2.13 bits per heavy atom. The van der Waals surface area contributed by atoms with Crippen molar-refractivity contribution in [3.8, 4) is 5.75 Å². The van der Waals surface area contributed by atoms with Crippen molar-refractivity contribution in [3.63, 3.8) is 0 Å². The van der Waals surface area contributed by atoms with E-state index in [1.807, 2.05) is 6.92 Å². The molecule has 0 aromatic heterocycles. The van der Waals surface area contributed by atoms with Crippen molar-refractivity contribution in [1.29, 1.82) is 0 Å². The van der Waals surface area contributed by atoms with E-state index in [1.165, 1.54) is 11.4 Å². The summed E-state index contributed by atoms with van der Waals surface area (Å²) in [7, 11) is -2.26. The number of nitrogens with zero attached hydrogens (tertiary/aromatic N) is 1. The lowest BCUT2D eigenvalue weighted by atomic mass is 10.0. The van der Waals surface area contributed by atoms with E-state index in [0.717, 1.165) is 5.56 Å². The molecule has 1 aliphatic heterocycles. The van der Waals surface area contributed by atoms with E-state index in [4.69, 9.17) is 9.47 Å². The van der Waals surface area contributed by atoms with Gasteiger partial charge in [-0.15, -0.1) is 0 Å². The Labute approximate surface area is 137 Å². The summed E-state index contributed by atoms with van der Waals surface area (Å²) in [5.74, 6) is -0.424. The maximum Gasteiger partial charge on any atom is 0.310 e. The van der Waals surface area contributed by atoms with Gasteiger partial charge in [-0.3, -0.25) is 4.79 Å². The number of hydrogen-bond donors (Lipinski definition) is 0. The number of hydrogen-bond acceptors (Lipinski definition) is 5. The Balaban J connectivity index is 2.29. The van der Waals surface area contributed by atoms with Crippen molar-refractivity contribution < 1.29 is 22.7 Å². The van der Waals surface area contributed by atoms with Crippen LogP contribution in [0.25, 0.3) is 0 Å². The van der Waals surface area contributed by atoms with Gasteiger partial charge in [0.25, 0.3) is 0 Å². The van der Waals surface area contributed by atoms with Crippen molar-refractivity contribution in [3.05, 3.63) is 23.8 Å². The smallest absolute Gasteiger partial charge is 0.310 e. The lowest BCUT2D eigenvalue weighted by Crippen LogP contribution is -2.42. The number of carbonyl (C=O) groups is 1. The zero-order valence-corrected chi connectivity index (χ0v) is 14.6. The number of methoxy groups -OCH3 is 1. The normalized spacial score (nSPS) is 19.3. The van der Waals surface area contributed by atoms with Crippen molar-refractivity contribution in [1.82, 2.24) is 4.31 Å². The number of rotatable bonds is 5. The third-order valence-corrected chi connectivity index (χ3v) is 5.83. The van der Waals surface area contributed by atoms with Crippen LogP contribution in [0.2, 0.25) is 0 Å². The van der Waals surface area contributed by atoms with Crippen LogP contribution in [0.5, 0.6) is 5.75 Å². The lowest BCUT2D eigenvalue weighted by molar-refractivity contribution is -0.149. The Bertz CT molecular complexity index is 671. The van der Waals surface area contributed by atoms with Crippen LogP contribution in [-0.2, 0) is 19.6 Å². The molecule has 1 fully saturated rings. The van der Waals surface area contributed by atoms with Gasteiger partial charge >= 0.3 is 5.97 Å². The number of carbonyl (C=O) groups excluding carboxylic acids is 1. The maximum absolute atomic E-state index is 12.9. The van der Waals surface area contributed by atoms with Crippen molar-refractivity contribution in [2.75, 3.05) is 26.8 Å². The van der Waals surface area contributed by atoms with E-state index in [2.05, 4.69) is 0 Å². The number of ether oxygens (including phenoxy) is 2. The average molecular weight is 341 g/mol. The highest BCUT2D eigenvalue weighted by atomic mass is 32.2. The highest BCUT2D eigenvalue weighted by molar-refractivity contribution is 7.89. The molecule has 0 bridgehead atoms. The van der Waals surface area contributed by atoms with Crippen LogP contribution < -0.4 is 4.74 Å². The molecule has 1 atom stereocenters. The minimum atomic E-state index is -3.71. The summed E-state index contributed by atoms with van der Waals surface area (Å²) >= 11 is 0. The summed E-state index contributed by atoms with van der Waals surface area (Å²) in [5.41, 5.74) is 0.836. The standard InChI is InChI=1S/C16H23NO5S/c1-4-22-16(18)13-6-5-9-17(11-13)23(19,20)15-10-12(2)7-8-14(15)21-3/h7-8,10,13H,4-6,9,11H2,1-3H3. The molecule has 6 nitrogen and oxygen atoms in total. The first-order chi connectivity index (χ1) is 10.9. The van der Waals surface area contributed by atoms with Crippen LogP contribution in [0.15, 0.2) is 23.1 Å². The molecule has 1 heterocycles. The highest BCUT2D eigenvalue weighted by Gasteiger charge is 2.35. The predicted octanol–water partition coefficient (Wildman–Crippen LogP) is 1.97. The molecule has 0 radical (unpaired) electrons. The molecule has 1 aromatic carbocycles. The van der Waals surface area contributed by atoms with E-state index >= 15 is 0 Å². The molecule has 1 unspecified atom stereocenters. The molecule has 0 amide bonds. The second-order valence-corrected chi connectivity index (χ2v) is 7.51. The fraction of sp³-hybridized carbons (Fsp3) is 0.562. The van der Waals surface area contributed by atoms with Gasteiger partial charge in [0.1, 0.15) is 10.6 Å². The quantitative estimate of drug-likeness (QED) is 0.766. The van der Waals surface area contributed by atoms with Gasteiger partial charge < -0.3 is 9.47 Å². The predicted molar refractivity (Wildman–Crippen MR) is 85.8 cm³/mol. The molecule has 1 aliphatic rings. The summed E-state index contributed by atoms with van der Waals surface area (Å²) in [6.45, 7) is 4.42. The van der Waals surface area contributed by atoms with E-state index < -0.39 is 15.9 Å². The third kappa shape index (κ3) is 3.84. The van der Waals surface area contributed by atoms with Crippen LogP contribution in [0, 0.1) is 12.8 Å². The molecular weight excluding hydrogens is 318 g/mol. The number of benzene rings is 1. The molecule has 23 heavy (non-hydrogen) atoms. The number of esters is 1. The van der Waals surface area contributed by atoms with Gasteiger partial charge in [0.05, 0.1) is 19.6 Å². The van der Waals surface area contributed by atoms with Crippen LogP contribution >= 0.6 is 0 Å². The number of aryl methyl sites for hydroxylation is 1. The molecule has 0 N–H and O–H groups in total. The lowest BCUT2D eigenvalue weighted by Gasteiger charge is -2.31. The first-order valence-corrected chi connectivity index (χ1v) is 9.15. The molecule has 1 aromatic rings. The number of piperidine rings is 1. The van der Waals surface area contributed by atoms with Gasteiger partial charge in [-0.2, -0.15) is 4.31 Å². The first kappa shape index (κ1) is 17.7. The van der Waals surface area contributed by atoms with E-state index in [-0.39, 0.29) is 17.4 Å². The SMILES string of the molecule is CCOC(=O)C1CCCN(S(=O)(=O)c2cc(C)ccc2OC)C1. The van der Waals surface area contributed by atoms with Gasteiger partial charge in [-0.25, -0.2) is 8.42 Å². The molecule has 1 saturated heterocycles. The van der Waals surface area contributed by atoms with Crippen molar-refractivity contribution >= 4 is 16.0 Å². The van der Waals surface area contributed by atoms with Gasteiger partial charge in [0, 0.05) is 13.1 Å². The highest BCUT2D eigenvalue weighted by Crippen LogP contribution is 2.30. The summed E-state index contributed by atoms with van der Waals surface area (Å²) < 4.78 is 37.5. The Kier molecular flexibility index (Phi) is 5.64. The Morgan fingerprint density at radius 1 is 1.39 bits per heavy atom. The fourth-order valence-corrected chi connectivity index (χ4v) is 4.50. The summed E-state index contributed by atoms with van der Waals surface area (Å²) in [6.07, 6.45) is 1.28. The van der Waals surface area contributed by atoms with Crippen molar-refractivity contribution in [2.45, 2.75) is 31.6 Å². The Morgan fingerprint density at radius 3 is 2.78 bits per heavy atom. The van der Waals surface area contributed by atoms with Gasteiger partial charge in [-0.1, -0.05) is 6.07 Å². The molecule has 0 spiro atoms. The second-order valence-electron chi connectivity index (χ2n) is 5.61. The monoisotopic (exact) mass is 341 g/mol. The van der Waals surface area contributed by atoms with Gasteiger partial charge in [0.15, 0.2) is 0 Å². The fourth-order valence-electron chi connectivity index (χ4n) is 2.74. The Hall–Kier alpha value is -1.60. The first-order valence-electron chi connectivity index (χ1n) is 7.71. The topological polar surface area (TPSA) is 72.9 Å². The van der Waals surface area contributed by atoms with Crippen LogP contribution in [-0.4, -0.2) is 45.5 Å². The van der Waals surface area contributed by atoms with Crippen LogP contribution in [0.3, 0.4) is 0 Å². The summed E-state index contributed by atoms with van der Waals surface area (Å²) in [6, 6.07) is 5.05. The van der Waals surface area contributed by atoms with Crippen LogP contribution in [0.1, 0.15) is 25.3 Å². The third-order valence-electron chi connectivity index (χ3n) is 3.94.